The van der Waals surface area contributed by atoms with Crippen LogP contribution < -0.4 is 5.32 Å². The number of amides is 1. The normalized spacial score (nSPS) is 14.1. The third kappa shape index (κ3) is 5.81. The molecule has 2 aromatic heterocycles. The van der Waals surface area contributed by atoms with Crippen LogP contribution in [0.4, 0.5) is 15.0 Å². The highest BCUT2D eigenvalue weighted by Gasteiger charge is 2.17. The molecule has 0 radical (unpaired) electrons. The van der Waals surface area contributed by atoms with Crippen molar-refractivity contribution in [3.63, 3.8) is 0 Å². The molecule has 0 saturated carbocycles. The van der Waals surface area contributed by atoms with Crippen molar-refractivity contribution in [1.82, 2.24) is 14.3 Å². The summed E-state index contributed by atoms with van der Waals surface area (Å²) >= 11 is 0. The van der Waals surface area contributed by atoms with Crippen LogP contribution in [0.15, 0.2) is 60.8 Å². The molecule has 1 N–H and O–H groups in total. The van der Waals surface area contributed by atoms with Crippen molar-refractivity contribution < 1.29 is 18.7 Å². The molecule has 4 aromatic rings. The van der Waals surface area contributed by atoms with E-state index in [1.165, 1.54) is 17.7 Å². The molecular weight excluding hydrogens is 471 g/mol. The van der Waals surface area contributed by atoms with E-state index < -0.39 is 6.09 Å². The van der Waals surface area contributed by atoms with E-state index in [0.29, 0.717) is 17.8 Å². The van der Waals surface area contributed by atoms with Gasteiger partial charge in [0.15, 0.2) is 0 Å². The molecule has 37 heavy (non-hydrogen) atoms. The fraction of sp³-hybridized carbons (Fsp3) is 0.310. The number of aromatic nitrogens is 2. The van der Waals surface area contributed by atoms with Gasteiger partial charge in [-0.05, 0) is 59.4 Å². The topological polar surface area (TPSA) is 68.1 Å². The molecule has 0 aliphatic carbocycles. The van der Waals surface area contributed by atoms with E-state index in [1.54, 1.807) is 12.1 Å². The zero-order chi connectivity index (χ0) is 25.8. The molecule has 1 fully saturated rings. The molecule has 0 bridgehead atoms. The standard InChI is InChI=1S/C29H31FN4O3/c1-3-26-28(32-29(35)37-19-22-6-10-25(30)11-7-22)34-18-24(16-20(2)27(34)31-26)23-8-4-21(5-9-23)17-33-12-14-36-15-13-33/h4-11,16,18H,3,12-15,17,19H2,1-2H3,(H,32,35). The Bertz CT molecular complexity index is 1380. The number of morpholine rings is 1. The molecule has 0 unspecified atom stereocenters. The molecule has 192 valence electrons. The van der Waals surface area contributed by atoms with Crippen molar-refractivity contribution in [2.45, 2.75) is 33.4 Å². The highest BCUT2D eigenvalue weighted by molar-refractivity contribution is 5.85. The first-order chi connectivity index (χ1) is 18.0. The molecule has 0 spiro atoms. The Kier molecular flexibility index (Phi) is 7.48. The van der Waals surface area contributed by atoms with E-state index >= 15 is 0 Å². The molecular formula is C29H31FN4O3. The monoisotopic (exact) mass is 502 g/mol. The molecule has 7 nitrogen and oxygen atoms in total. The predicted octanol–water partition coefficient (Wildman–Crippen LogP) is 5.59. The number of pyridine rings is 1. The van der Waals surface area contributed by atoms with Crippen LogP contribution in [0.25, 0.3) is 16.8 Å². The molecule has 2 aromatic carbocycles. The molecule has 0 atom stereocenters. The summed E-state index contributed by atoms with van der Waals surface area (Å²) in [5, 5.41) is 2.88. The van der Waals surface area contributed by atoms with Gasteiger partial charge in [0.1, 0.15) is 23.9 Å². The number of nitrogens with zero attached hydrogens (tertiary/aromatic N) is 3. The smallest absolute Gasteiger partial charge is 0.413 e. The number of ether oxygens (including phenoxy) is 2. The second-order valence-electron chi connectivity index (χ2n) is 9.28. The summed E-state index contributed by atoms with van der Waals surface area (Å²) in [4.78, 5) is 19.8. The summed E-state index contributed by atoms with van der Waals surface area (Å²) in [6, 6.07) is 16.6. The maximum atomic E-state index is 13.1. The molecule has 5 rings (SSSR count). The van der Waals surface area contributed by atoms with Crippen LogP contribution in [0, 0.1) is 12.7 Å². The molecule has 1 amide bonds. The maximum absolute atomic E-state index is 13.1. The van der Waals surface area contributed by atoms with E-state index in [2.05, 4.69) is 40.5 Å². The number of imidazole rings is 1. The van der Waals surface area contributed by atoms with Gasteiger partial charge in [-0.1, -0.05) is 43.3 Å². The van der Waals surface area contributed by atoms with Gasteiger partial charge in [-0.15, -0.1) is 0 Å². The third-order valence-corrected chi connectivity index (χ3v) is 6.61. The molecule has 3 heterocycles. The Labute approximate surface area is 215 Å². The van der Waals surface area contributed by atoms with Crippen molar-refractivity contribution in [2.24, 2.45) is 0 Å². The Balaban J connectivity index is 1.36. The van der Waals surface area contributed by atoms with Gasteiger partial charge in [-0.3, -0.25) is 14.6 Å². The number of rotatable bonds is 7. The minimum absolute atomic E-state index is 0.0470. The van der Waals surface area contributed by atoms with Gasteiger partial charge in [0.05, 0.1) is 18.9 Å². The number of carbonyl (C=O) groups is 1. The fourth-order valence-corrected chi connectivity index (χ4v) is 4.58. The maximum Gasteiger partial charge on any atom is 0.413 e. The van der Waals surface area contributed by atoms with E-state index in [4.69, 9.17) is 14.5 Å². The first-order valence-electron chi connectivity index (χ1n) is 12.6. The number of aryl methyl sites for hydroxylation is 2. The average molecular weight is 503 g/mol. The number of hydrogen-bond donors (Lipinski definition) is 1. The summed E-state index contributed by atoms with van der Waals surface area (Å²) < 4.78 is 25.9. The number of halogens is 1. The number of anilines is 1. The molecule has 1 saturated heterocycles. The summed E-state index contributed by atoms with van der Waals surface area (Å²) in [7, 11) is 0. The lowest BCUT2D eigenvalue weighted by Crippen LogP contribution is -2.35. The Morgan fingerprint density at radius 1 is 1.05 bits per heavy atom. The Hall–Kier alpha value is -3.75. The predicted molar refractivity (Wildman–Crippen MR) is 141 cm³/mol. The molecule has 1 aliphatic heterocycles. The van der Waals surface area contributed by atoms with Gasteiger partial charge >= 0.3 is 6.09 Å². The minimum Gasteiger partial charge on any atom is -0.444 e. The van der Waals surface area contributed by atoms with Gasteiger partial charge in [0.2, 0.25) is 0 Å². The number of carbonyl (C=O) groups excluding carboxylic acids is 1. The van der Waals surface area contributed by atoms with Crippen LogP contribution in [-0.4, -0.2) is 46.7 Å². The zero-order valence-corrected chi connectivity index (χ0v) is 21.2. The van der Waals surface area contributed by atoms with Crippen molar-refractivity contribution in [3.05, 3.63) is 89.0 Å². The summed E-state index contributed by atoms with van der Waals surface area (Å²) in [5.74, 6) is 0.264. The summed E-state index contributed by atoms with van der Waals surface area (Å²) in [6.45, 7) is 8.48. The van der Waals surface area contributed by atoms with E-state index in [-0.39, 0.29) is 12.4 Å². The first kappa shape index (κ1) is 24.9. The van der Waals surface area contributed by atoms with Gasteiger partial charge in [0, 0.05) is 25.8 Å². The van der Waals surface area contributed by atoms with Crippen LogP contribution >= 0.6 is 0 Å². The van der Waals surface area contributed by atoms with E-state index in [0.717, 1.165) is 60.9 Å². The van der Waals surface area contributed by atoms with Crippen molar-refractivity contribution >= 4 is 17.6 Å². The number of fused-ring (bicyclic) bond motifs is 1. The van der Waals surface area contributed by atoms with Crippen molar-refractivity contribution in [2.75, 3.05) is 31.6 Å². The van der Waals surface area contributed by atoms with Crippen molar-refractivity contribution in [3.8, 4) is 11.1 Å². The van der Waals surface area contributed by atoms with Gasteiger partial charge < -0.3 is 9.47 Å². The largest absolute Gasteiger partial charge is 0.444 e. The van der Waals surface area contributed by atoms with Crippen LogP contribution in [0.1, 0.15) is 29.3 Å². The SMILES string of the molecule is CCc1nc2c(C)cc(-c3ccc(CN4CCOCC4)cc3)cn2c1NC(=O)OCc1ccc(F)cc1. The average Bonchev–Trinajstić information content (AvgIpc) is 3.27. The quantitative estimate of drug-likeness (QED) is 0.357. The summed E-state index contributed by atoms with van der Waals surface area (Å²) in [6.07, 6.45) is 2.07. The van der Waals surface area contributed by atoms with Gasteiger partial charge in [-0.25, -0.2) is 14.2 Å². The van der Waals surface area contributed by atoms with Crippen LogP contribution in [0.5, 0.6) is 0 Å². The van der Waals surface area contributed by atoms with Crippen LogP contribution in [0.3, 0.4) is 0 Å². The third-order valence-electron chi connectivity index (χ3n) is 6.61. The van der Waals surface area contributed by atoms with E-state index in [1.807, 2.05) is 24.4 Å². The number of benzene rings is 2. The Morgan fingerprint density at radius 2 is 1.76 bits per heavy atom. The van der Waals surface area contributed by atoms with Gasteiger partial charge in [-0.2, -0.15) is 0 Å². The molecule has 1 aliphatic rings. The summed E-state index contributed by atoms with van der Waals surface area (Å²) in [5.41, 5.74) is 6.68. The minimum atomic E-state index is -0.587. The lowest BCUT2D eigenvalue weighted by Gasteiger charge is -2.26. The van der Waals surface area contributed by atoms with E-state index in [9.17, 15) is 9.18 Å². The lowest BCUT2D eigenvalue weighted by atomic mass is 10.0. The van der Waals surface area contributed by atoms with Crippen molar-refractivity contribution in [1.29, 1.82) is 0 Å². The zero-order valence-electron chi connectivity index (χ0n) is 21.2. The number of nitrogens with one attached hydrogen (secondary N) is 1. The van der Waals surface area contributed by atoms with Gasteiger partial charge in [0.25, 0.3) is 0 Å². The molecule has 8 heteroatoms. The highest BCUT2D eigenvalue weighted by atomic mass is 19.1. The Morgan fingerprint density at radius 3 is 2.46 bits per heavy atom. The van der Waals surface area contributed by atoms with Crippen LogP contribution in [-0.2, 0) is 29.0 Å². The number of hydrogen-bond acceptors (Lipinski definition) is 5. The van der Waals surface area contributed by atoms with Crippen LogP contribution in [0.2, 0.25) is 0 Å². The fourth-order valence-electron chi connectivity index (χ4n) is 4.58. The second kappa shape index (κ2) is 11.1. The lowest BCUT2D eigenvalue weighted by molar-refractivity contribution is 0.0342. The second-order valence-corrected chi connectivity index (χ2v) is 9.28. The highest BCUT2D eigenvalue weighted by Crippen LogP contribution is 2.28. The first-order valence-corrected chi connectivity index (χ1v) is 12.6.